The Morgan fingerprint density at radius 2 is 2.37 bits per heavy atom. The summed E-state index contributed by atoms with van der Waals surface area (Å²) in [5.74, 6) is -0.271. The molecule has 102 valence electrons. The molecule has 1 saturated heterocycles. The highest BCUT2D eigenvalue weighted by Gasteiger charge is 2.20. The molecule has 1 aliphatic heterocycles. The molecule has 0 aliphatic carbocycles. The van der Waals surface area contributed by atoms with E-state index in [2.05, 4.69) is 23.2 Å². The molecule has 3 nitrogen and oxygen atoms in total. The van der Waals surface area contributed by atoms with E-state index in [0.29, 0.717) is 18.2 Å². The van der Waals surface area contributed by atoms with E-state index < -0.39 is 0 Å². The van der Waals surface area contributed by atoms with E-state index in [1.54, 1.807) is 6.07 Å². The monoisotopic (exact) mass is 261 g/mol. The van der Waals surface area contributed by atoms with E-state index in [0.717, 1.165) is 31.6 Å². The van der Waals surface area contributed by atoms with Crippen molar-refractivity contribution in [2.24, 2.45) is 0 Å². The molecule has 0 aromatic heterocycles. The maximum atomic E-state index is 13.3. The van der Waals surface area contributed by atoms with Crippen LogP contribution in [0.4, 0.5) is 4.39 Å². The molecule has 0 saturated carbocycles. The second-order valence-electron chi connectivity index (χ2n) is 4.98. The Kier molecular flexibility index (Phi) is 4.89. The molecule has 4 heteroatoms. The van der Waals surface area contributed by atoms with E-state index in [9.17, 15) is 4.39 Å². The molecule has 1 aromatic carbocycles. The fraction of sp³-hybridized carbons (Fsp3) is 0.533. The number of piperidine rings is 1. The van der Waals surface area contributed by atoms with E-state index >= 15 is 0 Å². The number of likely N-dealkylation sites (N-methyl/N-ethyl adjacent to an activating group) is 1. The van der Waals surface area contributed by atoms with Crippen molar-refractivity contribution in [2.75, 3.05) is 19.6 Å². The topological polar surface area (TPSA) is 39.1 Å². The van der Waals surface area contributed by atoms with Crippen LogP contribution in [0.25, 0.3) is 0 Å². The van der Waals surface area contributed by atoms with Crippen LogP contribution in [0, 0.1) is 17.1 Å². The Balaban J connectivity index is 2.13. The number of rotatable bonds is 4. The average Bonchev–Trinajstić information content (AvgIpc) is 2.46. The Morgan fingerprint density at radius 3 is 3.00 bits per heavy atom. The first kappa shape index (κ1) is 14.0. The molecule has 1 unspecified atom stereocenters. The van der Waals surface area contributed by atoms with Gasteiger partial charge in [-0.15, -0.1) is 0 Å². The van der Waals surface area contributed by atoms with Gasteiger partial charge in [0.25, 0.3) is 0 Å². The zero-order valence-corrected chi connectivity index (χ0v) is 11.3. The minimum absolute atomic E-state index is 0.271. The number of nitrogens with one attached hydrogen (secondary N) is 1. The number of nitriles is 1. The third kappa shape index (κ3) is 3.52. The lowest BCUT2D eigenvalue weighted by Crippen LogP contribution is -2.45. The van der Waals surface area contributed by atoms with Crippen molar-refractivity contribution < 1.29 is 4.39 Å². The summed E-state index contributed by atoms with van der Waals surface area (Å²) in [6.07, 6.45) is 2.34. The van der Waals surface area contributed by atoms with E-state index in [1.165, 1.54) is 18.6 Å². The lowest BCUT2D eigenvalue weighted by atomic mass is 10.0. The van der Waals surface area contributed by atoms with E-state index in [4.69, 9.17) is 5.26 Å². The van der Waals surface area contributed by atoms with Crippen LogP contribution in [0.15, 0.2) is 18.2 Å². The Hall–Kier alpha value is -1.44. The molecule has 1 fully saturated rings. The summed E-state index contributed by atoms with van der Waals surface area (Å²) in [6, 6.07) is 7.02. The summed E-state index contributed by atoms with van der Waals surface area (Å²) in [6.45, 7) is 5.72. The molecular weight excluding hydrogens is 241 g/mol. The van der Waals surface area contributed by atoms with Crippen LogP contribution < -0.4 is 5.32 Å². The lowest BCUT2D eigenvalue weighted by molar-refractivity contribution is 0.166. The second-order valence-corrected chi connectivity index (χ2v) is 4.98. The molecule has 1 atom stereocenters. The van der Waals surface area contributed by atoms with Crippen LogP contribution in [0.1, 0.15) is 30.9 Å². The summed E-state index contributed by atoms with van der Waals surface area (Å²) in [5.41, 5.74) is 1.36. The predicted molar refractivity (Wildman–Crippen MR) is 73.1 cm³/mol. The van der Waals surface area contributed by atoms with Gasteiger partial charge in [-0.25, -0.2) is 4.39 Å². The molecule has 1 heterocycles. The largest absolute Gasteiger partial charge is 0.315 e. The van der Waals surface area contributed by atoms with Gasteiger partial charge in [0.05, 0.1) is 11.6 Å². The first-order valence-corrected chi connectivity index (χ1v) is 6.88. The molecule has 0 bridgehead atoms. The number of nitrogens with zero attached hydrogens (tertiary/aromatic N) is 2. The summed E-state index contributed by atoms with van der Waals surface area (Å²) in [4.78, 5) is 2.32. The van der Waals surface area contributed by atoms with Gasteiger partial charge in [0.2, 0.25) is 0 Å². The smallest absolute Gasteiger partial charge is 0.123 e. The normalized spacial score (nSPS) is 19.4. The van der Waals surface area contributed by atoms with Gasteiger partial charge in [0.15, 0.2) is 0 Å². The number of halogens is 1. The molecule has 19 heavy (non-hydrogen) atoms. The summed E-state index contributed by atoms with van der Waals surface area (Å²) >= 11 is 0. The van der Waals surface area contributed by atoms with Crippen LogP contribution >= 0.6 is 0 Å². The molecule has 1 aliphatic rings. The Morgan fingerprint density at radius 1 is 1.53 bits per heavy atom. The van der Waals surface area contributed by atoms with Crippen molar-refractivity contribution in [1.29, 1.82) is 5.26 Å². The van der Waals surface area contributed by atoms with Crippen LogP contribution in [-0.2, 0) is 6.54 Å². The highest BCUT2D eigenvalue weighted by atomic mass is 19.1. The minimum Gasteiger partial charge on any atom is -0.315 e. The first-order chi connectivity index (χ1) is 9.24. The molecule has 0 radical (unpaired) electrons. The van der Waals surface area contributed by atoms with Gasteiger partial charge < -0.3 is 5.32 Å². The van der Waals surface area contributed by atoms with Gasteiger partial charge in [-0.2, -0.15) is 5.26 Å². The van der Waals surface area contributed by atoms with Gasteiger partial charge in [-0.3, -0.25) is 4.90 Å². The maximum Gasteiger partial charge on any atom is 0.123 e. The summed E-state index contributed by atoms with van der Waals surface area (Å²) in [7, 11) is 0. The minimum atomic E-state index is -0.271. The number of hydrogen-bond donors (Lipinski definition) is 1. The van der Waals surface area contributed by atoms with Gasteiger partial charge in [-0.05, 0) is 49.7 Å². The quantitative estimate of drug-likeness (QED) is 0.903. The fourth-order valence-corrected chi connectivity index (χ4v) is 2.67. The maximum absolute atomic E-state index is 13.3. The zero-order valence-electron chi connectivity index (χ0n) is 11.3. The van der Waals surface area contributed by atoms with Gasteiger partial charge in [0, 0.05) is 19.1 Å². The average molecular weight is 261 g/mol. The molecule has 1 N–H and O–H groups in total. The first-order valence-electron chi connectivity index (χ1n) is 6.88. The van der Waals surface area contributed by atoms with Crippen molar-refractivity contribution in [2.45, 2.75) is 32.4 Å². The van der Waals surface area contributed by atoms with Crippen LogP contribution in [-0.4, -0.2) is 30.6 Å². The van der Waals surface area contributed by atoms with Crippen LogP contribution in [0.3, 0.4) is 0 Å². The van der Waals surface area contributed by atoms with Gasteiger partial charge >= 0.3 is 0 Å². The third-order valence-electron chi connectivity index (χ3n) is 3.75. The summed E-state index contributed by atoms with van der Waals surface area (Å²) in [5, 5.41) is 12.5. The third-order valence-corrected chi connectivity index (χ3v) is 3.75. The molecule has 2 rings (SSSR count). The van der Waals surface area contributed by atoms with Crippen LogP contribution in [0.2, 0.25) is 0 Å². The number of benzene rings is 1. The van der Waals surface area contributed by atoms with Crippen molar-refractivity contribution in [3.8, 4) is 6.07 Å². The SMILES string of the molecule is CCN(Cc1cc(F)ccc1C#N)C1CCCNC1. The van der Waals surface area contributed by atoms with Crippen LogP contribution in [0.5, 0.6) is 0 Å². The molecule has 1 aromatic rings. The molecule has 0 amide bonds. The van der Waals surface area contributed by atoms with Crippen molar-refractivity contribution in [1.82, 2.24) is 10.2 Å². The highest BCUT2D eigenvalue weighted by Crippen LogP contribution is 2.17. The van der Waals surface area contributed by atoms with Gasteiger partial charge in [0.1, 0.15) is 5.82 Å². The lowest BCUT2D eigenvalue weighted by Gasteiger charge is -2.34. The van der Waals surface area contributed by atoms with Crippen molar-refractivity contribution in [3.05, 3.63) is 35.1 Å². The standard InChI is InChI=1S/C15H20FN3/c1-2-19(15-4-3-7-18-10-15)11-13-8-14(16)6-5-12(13)9-17/h5-6,8,15,18H,2-4,7,10-11H2,1H3. The molecule has 0 spiro atoms. The number of hydrogen-bond acceptors (Lipinski definition) is 3. The Bertz CT molecular complexity index is 461. The van der Waals surface area contributed by atoms with E-state index in [1.807, 2.05) is 0 Å². The van der Waals surface area contributed by atoms with Crippen molar-refractivity contribution >= 4 is 0 Å². The summed E-state index contributed by atoms with van der Waals surface area (Å²) < 4.78 is 13.3. The zero-order chi connectivity index (χ0) is 13.7. The van der Waals surface area contributed by atoms with E-state index in [-0.39, 0.29) is 5.82 Å². The Labute approximate surface area is 114 Å². The highest BCUT2D eigenvalue weighted by molar-refractivity contribution is 5.37. The van der Waals surface area contributed by atoms with Gasteiger partial charge in [-0.1, -0.05) is 6.92 Å². The fourth-order valence-electron chi connectivity index (χ4n) is 2.67. The van der Waals surface area contributed by atoms with Crippen molar-refractivity contribution in [3.63, 3.8) is 0 Å². The predicted octanol–water partition coefficient (Wildman–Crippen LogP) is 2.27. The molecular formula is C15H20FN3. The second kappa shape index (κ2) is 6.65.